The Bertz CT molecular complexity index is 538. The number of hydrogen-bond acceptors (Lipinski definition) is 6. The SMILES string of the molecule is C=CCCCCCC(=O)NCCC(=O)O.C=CCCCCCC([O-])=NCCC(=O)[O-].[Ca+2]. The van der Waals surface area contributed by atoms with E-state index in [0.29, 0.717) is 12.8 Å². The molecule has 0 aliphatic heterocycles. The van der Waals surface area contributed by atoms with E-state index < -0.39 is 11.9 Å². The van der Waals surface area contributed by atoms with Crippen LogP contribution in [0.4, 0.5) is 0 Å². The third-order valence-corrected chi connectivity index (χ3v) is 3.88. The molecule has 1 amide bonds. The smallest absolute Gasteiger partial charge is 0.862 e. The third-order valence-electron chi connectivity index (χ3n) is 3.88. The summed E-state index contributed by atoms with van der Waals surface area (Å²) in [5.41, 5.74) is 0. The Labute approximate surface area is 215 Å². The quantitative estimate of drug-likeness (QED) is 0.103. The molecule has 0 radical (unpaired) electrons. The number of hydrogen-bond donors (Lipinski definition) is 2. The van der Waals surface area contributed by atoms with Crippen molar-refractivity contribution in [1.82, 2.24) is 5.32 Å². The van der Waals surface area contributed by atoms with Gasteiger partial charge < -0.3 is 30.4 Å². The van der Waals surface area contributed by atoms with Crippen LogP contribution in [0.25, 0.3) is 0 Å². The van der Waals surface area contributed by atoms with Gasteiger partial charge in [0.25, 0.3) is 0 Å². The number of amides is 1. The predicted octanol–water partition coefficient (Wildman–Crippen LogP) is 1.35. The molecular weight excluding hydrogens is 428 g/mol. The third kappa shape index (κ3) is 33.5. The summed E-state index contributed by atoms with van der Waals surface area (Å²) >= 11 is 0. The van der Waals surface area contributed by atoms with Crippen LogP contribution in [-0.4, -0.2) is 79.7 Å². The predicted molar refractivity (Wildman–Crippen MR) is 120 cm³/mol. The maximum atomic E-state index is 11.1. The molecule has 0 atom stereocenters. The van der Waals surface area contributed by atoms with Crippen LogP contribution in [0.15, 0.2) is 30.3 Å². The Hall–Kier alpha value is -1.38. The van der Waals surface area contributed by atoms with E-state index in [2.05, 4.69) is 23.5 Å². The fourth-order valence-corrected chi connectivity index (χ4v) is 2.24. The fourth-order valence-electron chi connectivity index (χ4n) is 2.24. The number of rotatable bonds is 18. The van der Waals surface area contributed by atoms with Gasteiger partial charge in [-0.3, -0.25) is 9.59 Å². The molecule has 0 unspecified atom stereocenters. The second-order valence-corrected chi connectivity index (χ2v) is 6.67. The van der Waals surface area contributed by atoms with Crippen molar-refractivity contribution in [3.63, 3.8) is 0 Å². The molecule has 0 fully saturated rings. The minimum Gasteiger partial charge on any atom is -0.862 e. The summed E-state index contributed by atoms with van der Waals surface area (Å²) in [5.74, 6) is -2.33. The van der Waals surface area contributed by atoms with Gasteiger partial charge in [-0.1, -0.05) is 25.0 Å². The second kappa shape index (κ2) is 26.7. The van der Waals surface area contributed by atoms with Crippen LogP contribution < -0.4 is 15.5 Å². The van der Waals surface area contributed by atoms with Crippen LogP contribution in [0.2, 0.25) is 0 Å². The molecule has 0 aliphatic rings. The molecule has 0 aromatic heterocycles. The van der Waals surface area contributed by atoms with Gasteiger partial charge in [0.05, 0.1) is 6.42 Å². The molecule has 172 valence electrons. The van der Waals surface area contributed by atoms with Gasteiger partial charge in [-0.15, -0.1) is 13.2 Å². The van der Waals surface area contributed by atoms with Crippen molar-refractivity contribution in [2.75, 3.05) is 13.1 Å². The Kier molecular flexibility index (Phi) is 29.4. The maximum absolute atomic E-state index is 11.1. The first-order valence-electron chi connectivity index (χ1n) is 10.4. The van der Waals surface area contributed by atoms with Crippen molar-refractivity contribution in [3.8, 4) is 0 Å². The van der Waals surface area contributed by atoms with E-state index in [-0.39, 0.29) is 75.5 Å². The van der Waals surface area contributed by atoms with Gasteiger partial charge in [-0.25, -0.2) is 0 Å². The topological polar surface area (TPSA) is 142 Å². The van der Waals surface area contributed by atoms with Crippen molar-refractivity contribution < 1.29 is 29.7 Å². The van der Waals surface area contributed by atoms with Gasteiger partial charge in [0.2, 0.25) is 5.91 Å². The Morgan fingerprint density at radius 2 is 1.39 bits per heavy atom. The Balaban J connectivity index is -0.000000490. The molecule has 0 saturated carbocycles. The second-order valence-electron chi connectivity index (χ2n) is 6.67. The van der Waals surface area contributed by atoms with E-state index >= 15 is 0 Å². The summed E-state index contributed by atoms with van der Waals surface area (Å²) in [6, 6.07) is 0. The van der Waals surface area contributed by atoms with Gasteiger partial charge in [0.15, 0.2) is 0 Å². The molecule has 0 aliphatic carbocycles. The summed E-state index contributed by atoms with van der Waals surface area (Å²) in [6.07, 6.45) is 12.1. The first kappa shape index (κ1) is 34.2. The number of aliphatic imine (C=N–C) groups is 1. The van der Waals surface area contributed by atoms with E-state index in [0.717, 1.165) is 51.4 Å². The van der Waals surface area contributed by atoms with Gasteiger partial charge >= 0.3 is 43.7 Å². The van der Waals surface area contributed by atoms with Crippen molar-refractivity contribution in [2.24, 2.45) is 4.99 Å². The van der Waals surface area contributed by atoms with Crippen LogP contribution in [0, 0.1) is 0 Å². The van der Waals surface area contributed by atoms with Crippen LogP contribution in [0.3, 0.4) is 0 Å². The largest absolute Gasteiger partial charge is 2.00 e. The van der Waals surface area contributed by atoms with Gasteiger partial charge in [0, 0.05) is 31.9 Å². The number of carbonyl (C=O) groups is 3. The number of carboxylic acids is 2. The molecule has 0 aromatic carbocycles. The molecular formula is C22H36CaN2O6. The van der Waals surface area contributed by atoms with E-state index in [1.54, 1.807) is 0 Å². The van der Waals surface area contributed by atoms with Crippen LogP contribution >= 0.6 is 0 Å². The van der Waals surface area contributed by atoms with Gasteiger partial charge in [0.1, 0.15) is 0 Å². The zero-order valence-electron chi connectivity index (χ0n) is 18.6. The zero-order chi connectivity index (χ0) is 23.0. The van der Waals surface area contributed by atoms with Gasteiger partial charge in [-0.05, 0) is 50.8 Å². The summed E-state index contributed by atoms with van der Waals surface area (Å²) in [6.45, 7) is 7.48. The number of nitrogens with zero attached hydrogens (tertiary/aromatic N) is 1. The van der Waals surface area contributed by atoms with Crippen LogP contribution in [-0.2, 0) is 14.4 Å². The minimum absolute atomic E-state index is 0. The number of carboxylic acid groups (broad SMARTS) is 2. The number of aliphatic carboxylic acids is 2. The van der Waals surface area contributed by atoms with Crippen molar-refractivity contribution >= 4 is 61.5 Å². The first-order chi connectivity index (χ1) is 14.3. The van der Waals surface area contributed by atoms with Crippen LogP contribution in [0.1, 0.15) is 77.0 Å². The summed E-state index contributed by atoms with van der Waals surface area (Å²) in [4.78, 5) is 34.9. The number of nitrogens with one attached hydrogen (secondary N) is 1. The standard InChI is InChI=1S/2C11H19NO3.Ca/c2*1-2-3-4-5-6-7-10(13)12-9-8-11(14)15;/h2*2H,1,3-9H2,(H,12,13)(H,14,15);/q;;+2/p-2. The first-order valence-corrected chi connectivity index (χ1v) is 10.4. The monoisotopic (exact) mass is 464 g/mol. The molecule has 2 N–H and O–H groups in total. The Morgan fingerprint density at radius 1 is 0.839 bits per heavy atom. The molecule has 9 heteroatoms. The van der Waals surface area contributed by atoms with Crippen molar-refractivity contribution in [1.29, 1.82) is 0 Å². The average Bonchev–Trinajstić information content (AvgIpc) is 2.67. The van der Waals surface area contributed by atoms with E-state index in [4.69, 9.17) is 5.11 Å². The van der Waals surface area contributed by atoms with Crippen LogP contribution in [0.5, 0.6) is 0 Å². The fraction of sp³-hybridized carbons (Fsp3) is 0.636. The van der Waals surface area contributed by atoms with E-state index in [1.807, 2.05) is 12.2 Å². The maximum Gasteiger partial charge on any atom is 2.00 e. The molecule has 0 aromatic rings. The molecule has 8 nitrogen and oxygen atoms in total. The molecule has 0 heterocycles. The molecule has 0 rings (SSSR count). The number of allylic oxidation sites excluding steroid dienone is 2. The summed E-state index contributed by atoms with van der Waals surface area (Å²) in [5, 5.41) is 32.0. The molecule has 0 bridgehead atoms. The normalized spacial score (nSPS) is 10.1. The zero-order valence-corrected chi connectivity index (χ0v) is 20.8. The van der Waals surface area contributed by atoms with Crippen molar-refractivity contribution in [3.05, 3.63) is 25.3 Å². The van der Waals surface area contributed by atoms with E-state index in [1.165, 1.54) is 0 Å². The van der Waals surface area contributed by atoms with Gasteiger partial charge in [-0.2, -0.15) is 0 Å². The molecule has 0 spiro atoms. The summed E-state index contributed by atoms with van der Waals surface area (Å²) in [7, 11) is 0. The minimum atomic E-state index is -1.17. The number of unbranched alkanes of at least 4 members (excludes halogenated alkanes) is 6. The van der Waals surface area contributed by atoms with E-state index in [9.17, 15) is 24.6 Å². The Morgan fingerprint density at radius 3 is 1.87 bits per heavy atom. The molecule has 0 saturated heterocycles. The summed E-state index contributed by atoms with van der Waals surface area (Å²) < 4.78 is 0. The average molecular weight is 465 g/mol. The van der Waals surface area contributed by atoms with Crippen molar-refractivity contribution in [2.45, 2.75) is 77.0 Å². The number of carbonyl (C=O) groups excluding carboxylic acids is 2. The molecule has 31 heavy (non-hydrogen) atoms.